The summed E-state index contributed by atoms with van der Waals surface area (Å²) in [6.45, 7) is 6.39. The van der Waals surface area contributed by atoms with Crippen molar-refractivity contribution >= 4 is 17.4 Å². The Morgan fingerprint density at radius 1 is 1.30 bits per heavy atom. The van der Waals surface area contributed by atoms with Crippen molar-refractivity contribution in [3.8, 4) is 5.88 Å². The molecule has 0 radical (unpaired) electrons. The number of nitrogens with one attached hydrogen (secondary N) is 1. The van der Waals surface area contributed by atoms with E-state index >= 15 is 0 Å². The minimum atomic E-state index is 0.0486. The van der Waals surface area contributed by atoms with Crippen LogP contribution in [0.2, 0.25) is 5.02 Å². The average molecular weight is 292 g/mol. The summed E-state index contributed by atoms with van der Waals surface area (Å²) in [5.74, 6) is 1.98. The number of aromatic nitrogens is 2. The van der Waals surface area contributed by atoms with Crippen molar-refractivity contribution in [2.75, 3.05) is 11.9 Å². The molecule has 5 heteroatoms. The van der Waals surface area contributed by atoms with Gasteiger partial charge in [0.25, 0.3) is 0 Å². The van der Waals surface area contributed by atoms with Gasteiger partial charge in [-0.1, -0.05) is 29.8 Å². The predicted molar refractivity (Wildman–Crippen MR) is 81.4 cm³/mol. The van der Waals surface area contributed by atoms with Crippen molar-refractivity contribution in [1.82, 2.24) is 9.97 Å². The largest absolute Gasteiger partial charge is 0.478 e. The second-order valence-corrected chi connectivity index (χ2v) is 4.87. The van der Waals surface area contributed by atoms with E-state index in [9.17, 15) is 0 Å². The molecule has 0 aliphatic heterocycles. The molecule has 0 saturated heterocycles. The van der Waals surface area contributed by atoms with E-state index in [4.69, 9.17) is 16.3 Å². The molecule has 1 unspecified atom stereocenters. The molecule has 1 aromatic carbocycles. The SMILES string of the molecule is CCOc1cc(NC(C)c2ccccc2Cl)nc(C)n1. The van der Waals surface area contributed by atoms with Crippen LogP contribution in [0.15, 0.2) is 30.3 Å². The topological polar surface area (TPSA) is 47.0 Å². The van der Waals surface area contributed by atoms with Crippen molar-refractivity contribution < 1.29 is 4.74 Å². The normalized spacial score (nSPS) is 12.0. The van der Waals surface area contributed by atoms with Crippen molar-refractivity contribution in [3.63, 3.8) is 0 Å². The molecule has 1 aromatic heterocycles. The lowest BCUT2D eigenvalue weighted by molar-refractivity contribution is 0.325. The van der Waals surface area contributed by atoms with E-state index in [-0.39, 0.29) is 6.04 Å². The van der Waals surface area contributed by atoms with Crippen LogP contribution in [0.4, 0.5) is 5.82 Å². The maximum Gasteiger partial charge on any atom is 0.218 e. The lowest BCUT2D eigenvalue weighted by atomic mass is 10.1. The molecule has 0 aliphatic carbocycles. The monoisotopic (exact) mass is 291 g/mol. The molecule has 1 atom stereocenters. The van der Waals surface area contributed by atoms with Gasteiger partial charge in [0.1, 0.15) is 11.6 Å². The Morgan fingerprint density at radius 3 is 2.75 bits per heavy atom. The molecule has 106 valence electrons. The zero-order valence-electron chi connectivity index (χ0n) is 11.9. The van der Waals surface area contributed by atoms with Gasteiger partial charge in [-0.3, -0.25) is 0 Å². The molecular weight excluding hydrogens is 274 g/mol. The fourth-order valence-corrected chi connectivity index (χ4v) is 2.26. The summed E-state index contributed by atoms with van der Waals surface area (Å²) >= 11 is 6.20. The van der Waals surface area contributed by atoms with Crippen molar-refractivity contribution in [3.05, 3.63) is 46.7 Å². The van der Waals surface area contributed by atoms with Gasteiger partial charge in [-0.25, -0.2) is 4.98 Å². The van der Waals surface area contributed by atoms with Gasteiger partial charge in [-0.2, -0.15) is 4.98 Å². The van der Waals surface area contributed by atoms with E-state index in [2.05, 4.69) is 15.3 Å². The first-order chi connectivity index (χ1) is 9.60. The first-order valence-electron chi connectivity index (χ1n) is 6.59. The third kappa shape index (κ3) is 3.61. The maximum absolute atomic E-state index is 6.20. The summed E-state index contributed by atoms with van der Waals surface area (Å²) in [7, 11) is 0. The van der Waals surface area contributed by atoms with Crippen LogP contribution < -0.4 is 10.1 Å². The molecule has 0 amide bonds. The first kappa shape index (κ1) is 14.6. The Labute approximate surface area is 124 Å². The number of hydrogen-bond donors (Lipinski definition) is 1. The van der Waals surface area contributed by atoms with Crippen molar-refractivity contribution in [1.29, 1.82) is 0 Å². The quantitative estimate of drug-likeness (QED) is 0.904. The molecule has 20 heavy (non-hydrogen) atoms. The van der Waals surface area contributed by atoms with E-state index in [0.29, 0.717) is 18.3 Å². The summed E-state index contributed by atoms with van der Waals surface area (Å²) in [5.41, 5.74) is 1.03. The van der Waals surface area contributed by atoms with E-state index in [1.54, 1.807) is 6.07 Å². The average Bonchev–Trinajstić information content (AvgIpc) is 2.38. The van der Waals surface area contributed by atoms with Crippen LogP contribution in [0.3, 0.4) is 0 Å². The molecule has 0 fully saturated rings. The molecule has 2 aromatic rings. The predicted octanol–water partition coefficient (Wildman–Crippen LogP) is 4.01. The molecule has 0 spiro atoms. The third-order valence-corrected chi connectivity index (χ3v) is 3.19. The number of rotatable bonds is 5. The highest BCUT2D eigenvalue weighted by atomic mass is 35.5. The zero-order chi connectivity index (χ0) is 14.5. The summed E-state index contributed by atoms with van der Waals surface area (Å²) < 4.78 is 5.42. The summed E-state index contributed by atoms with van der Waals surface area (Å²) in [6.07, 6.45) is 0. The summed E-state index contributed by atoms with van der Waals surface area (Å²) in [5, 5.41) is 4.06. The Bertz CT molecular complexity index is 589. The standard InChI is InChI=1S/C15H18ClN3O/c1-4-20-15-9-14(18-11(3)19-15)17-10(2)12-7-5-6-8-13(12)16/h5-10H,4H2,1-3H3,(H,17,18,19). The summed E-state index contributed by atoms with van der Waals surface area (Å²) in [4.78, 5) is 8.59. The fourth-order valence-electron chi connectivity index (χ4n) is 1.96. The Hall–Kier alpha value is -1.81. The molecular formula is C15H18ClN3O. The van der Waals surface area contributed by atoms with Gasteiger partial charge in [-0.15, -0.1) is 0 Å². The van der Waals surface area contributed by atoms with Gasteiger partial charge in [-0.05, 0) is 32.4 Å². The fraction of sp³-hybridized carbons (Fsp3) is 0.333. The second kappa shape index (κ2) is 6.57. The lowest BCUT2D eigenvalue weighted by Gasteiger charge is -2.17. The molecule has 4 nitrogen and oxygen atoms in total. The van der Waals surface area contributed by atoms with E-state index in [1.807, 2.05) is 45.0 Å². The van der Waals surface area contributed by atoms with Gasteiger partial charge in [0, 0.05) is 11.1 Å². The molecule has 0 bridgehead atoms. The van der Waals surface area contributed by atoms with Crippen LogP contribution in [0.1, 0.15) is 31.3 Å². The number of aryl methyl sites for hydroxylation is 1. The van der Waals surface area contributed by atoms with Crippen LogP contribution in [0, 0.1) is 6.92 Å². The number of benzene rings is 1. The molecule has 0 aliphatic rings. The van der Waals surface area contributed by atoms with Crippen molar-refractivity contribution in [2.45, 2.75) is 26.8 Å². The van der Waals surface area contributed by atoms with Gasteiger partial charge in [0.2, 0.25) is 5.88 Å². The van der Waals surface area contributed by atoms with Gasteiger partial charge in [0.05, 0.1) is 12.6 Å². The number of ether oxygens (including phenoxy) is 1. The highest BCUT2D eigenvalue weighted by molar-refractivity contribution is 6.31. The highest BCUT2D eigenvalue weighted by Crippen LogP contribution is 2.25. The zero-order valence-corrected chi connectivity index (χ0v) is 12.6. The minimum absolute atomic E-state index is 0.0486. The van der Waals surface area contributed by atoms with E-state index in [1.165, 1.54) is 0 Å². The second-order valence-electron chi connectivity index (χ2n) is 4.46. The molecule has 1 heterocycles. The Kier molecular flexibility index (Phi) is 4.79. The third-order valence-electron chi connectivity index (χ3n) is 2.84. The van der Waals surface area contributed by atoms with Gasteiger partial charge >= 0.3 is 0 Å². The van der Waals surface area contributed by atoms with Gasteiger partial charge < -0.3 is 10.1 Å². The van der Waals surface area contributed by atoms with Crippen LogP contribution in [0.5, 0.6) is 5.88 Å². The molecule has 0 saturated carbocycles. The van der Waals surface area contributed by atoms with Crippen LogP contribution >= 0.6 is 11.6 Å². The number of hydrogen-bond acceptors (Lipinski definition) is 4. The first-order valence-corrected chi connectivity index (χ1v) is 6.97. The number of halogens is 1. The van der Waals surface area contributed by atoms with Crippen LogP contribution in [-0.2, 0) is 0 Å². The molecule has 2 rings (SSSR count). The minimum Gasteiger partial charge on any atom is -0.478 e. The summed E-state index contributed by atoms with van der Waals surface area (Å²) in [6, 6.07) is 9.61. The Balaban J connectivity index is 2.19. The van der Waals surface area contributed by atoms with Crippen LogP contribution in [0.25, 0.3) is 0 Å². The smallest absolute Gasteiger partial charge is 0.218 e. The van der Waals surface area contributed by atoms with Crippen LogP contribution in [-0.4, -0.2) is 16.6 Å². The lowest BCUT2D eigenvalue weighted by Crippen LogP contribution is -2.10. The van der Waals surface area contributed by atoms with Gasteiger partial charge in [0.15, 0.2) is 0 Å². The maximum atomic E-state index is 6.20. The van der Waals surface area contributed by atoms with E-state index < -0.39 is 0 Å². The molecule has 1 N–H and O–H groups in total. The Morgan fingerprint density at radius 2 is 2.05 bits per heavy atom. The van der Waals surface area contributed by atoms with E-state index in [0.717, 1.165) is 16.4 Å². The number of nitrogens with zero attached hydrogens (tertiary/aromatic N) is 2. The number of anilines is 1. The van der Waals surface area contributed by atoms with Crippen molar-refractivity contribution in [2.24, 2.45) is 0 Å². The highest BCUT2D eigenvalue weighted by Gasteiger charge is 2.11.